The van der Waals surface area contributed by atoms with E-state index >= 15 is 0 Å². The first kappa shape index (κ1) is 23.5. The molecule has 0 spiro atoms. The molecule has 5 atom stereocenters. The number of amides is 2. The number of carbonyl (C=O) groups excluding carboxylic acids is 2. The fraction of sp³-hybridized carbons (Fsp3) is 0.481. The summed E-state index contributed by atoms with van der Waals surface area (Å²) in [5, 5.41) is 13.6. The van der Waals surface area contributed by atoms with Crippen LogP contribution in [0.2, 0.25) is 0 Å². The third-order valence-electron chi connectivity index (χ3n) is 8.05. The van der Waals surface area contributed by atoms with Crippen molar-refractivity contribution < 1.29 is 14.7 Å². The molecule has 1 unspecified atom stereocenters. The molecule has 35 heavy (non-hydrogen) atoms. The number of aliphatic hydroxyl groups excluding tert-OH is 1. The standard InChI is InChI=1S/C27H33N5O3/c1-3-27(4-2)14-22(34)32(26(28)31-27)24(17-9-7-11-29-15-17)19-13-20(19)25(35)30-23-18-10-6-5-8-16(18)12-21(23)33/h5-11,15,19-21,23-24,33H,3-4,12-14H2,1-2H3,(H2,28,31)(H,30,35)/t19-,20-,21-,23-,24?/m1/s1. The van der Waals surface area contributed by atoms with Crippen LogP contribution in [0.1, 0.15) is 68.3 Å². The first-order valence-corrected chi connectivity index (χ1v) is 12.5. The van der Waals surface area contributed by atoms with Crippen LogP contribution in [0.15, 0.2) is 53.8 Å². The Hall–Kier alpha value is -3.26. The Balaban J connectivity index is 1.39. The maximum atomic E-state index is 13.4. The number of nitrogens with two attached hydrogens (primary N) is 1. The summed E-state index contributed by atoms with van der Waals surface area (Å²) >= 11 is 0. The molecule has 1 aromatic carbocycles. The second kappa shape index (κ2) is 9.07. The molecular weight excluding hydrogens is 442 g/mol. The summed E-state index contributed by atoms with van der Waals surface area (Å²) < 4.78 is 0. The number of aliphatic hydroxyl groups is 1. The van der Waals surface area contributed by atoms with Crippen LogP contribution >= 0.6 is 0 Å². The number of carbonyl (C=O) groups is 2. The van der Waals surface area contributed by atoms with Gasteiger partial charge in [-0.05, 0) is 47.9 Å². The molecule has 184 valence electrons. The molecule has 2 aromatic rings. The van der Waals surface area contributed by atoms with Gasteiger partial charge in [0.15, 0.2) is 5.96 Å². The van der Waals surface area contributed by atoms with Crippen LogP contribution < -0.4 is 11.1 Å². The predicted octanol–water partition coefficient (Wildman–Crippen LogP) is 2.64. The zero-order chi connectivity index (χ0) is 24.7. The Labute approximate surface area is 205 Å². The smallest absolute Gasteiger partial charge is 0.232 e. The van der Waals surface area contributed by atoms with E-state index in [1.165, 1.54) is 0 Å². The van der Waals surface area contributed by atoms with Crippen molar-refractivity contribution >= 4 is 17.8 Å². The van der Waals surface area contributed by atoms with E-state index in [2.05, 4.69) is 10.3 Å². The number of nitrogens with one attached hydrogen (secondary N) is 1. The van der Waals surface area contributed by atoms with Gasteiger partial charge in [0.2, 0.25) is 11.8 Å². The molecule has 0 bridgehead atoms. The molecule has 2 heterocycles. The summed E-state index contributed by atoms with van der Waals surface area (Å²) in [6.45, 7) is 4.05. The number of hydrogen-bond acceptors (Lipinski definition) is 6. The van der Waals surface area contributed by atoms with Gasteiger partial charge in [-0.3, -0.25) is 19.5 Å². The largest absolute Gasteiger partial charge is 0.390 e. The van der Waals surface area contributed by atoms with Crippen molar-refractivity contribution in [3.63, 3.8) is 0 Å². The molecule has 0 radical (unpaired) electrons. The maximum absolute atomic E-state index is 13.4. The normalized spacial score (nSPS) is 27.7. The second-order valence-corrected chi connectivity index (χ2v) is 10.0. The van der Waals surface area contributed by atoms with Gasteiger partial charge in [0.05, 0.1) is 30.1 Å². The van der Waals surface area contributed by atoms with Crippen molar-refractivity contribution in [2.24, 2.45) is 22.6 Å². The minimum absolute atomic E-state index is 0.0683. The first-order chi connectivity index (χ1) is 16.9. The highest BCUT2D eigenvalue weighted by Crippen LogP contribution is 2.51. The number of hydrogen-bond donors (Lipinski definition) is 3. The topological polar surface area (TPSA) is 121 Å². The van der Waals surface area contributed by atoms with Crippen LogP contribution in [-0.2, 0) is 16.0 Å². The highest BCUT2D eigenvalue weighted by atomic mass is 16.3. The van der Waals surface area contributed by atoms with Gasteiger partial charge in [-0.15, -0.1) is 0 Å². The lowest BCUT2D eigenvalue weighted by Gasteiger charge is -2.40. The summed E-state index contributed by atoms with van der Waals surface area (Å²) in [6.07, 6.45) is 5.69. The molecule has 2 amide bonds. The van der Waals surface area contributed by atoms with Gasteiger partial charge in [-0.2, -0.15) is 0 Å². The molecule has 5 rings (SSSR count). The summed E-state index contributed by atoms with van der Waals surface area (Å²) in [5.74, 6) is -0.362. The average Bonchev–Trinajstić information content (AvgIpc) is 3.59. The highest BCUT2D eigenvalue weighted by molar-refractivity contribution is 5.99. The van der Waals surface area contributed by atoms with Crippen LogP contribution in [-0.4, -0.2) is 44.4 Å². The molecule has 4 N–H and O–H groups in total. The lowest BCUT2D eigenvalue weighted by Crippen LogP contribution is -2.53. The number of aromatic nitrogens is 1. The minimum Gasteiger partial charge on any atom is -0.390 e. The Morgan fingerprint density at radius 3 is 2.71 bits per heavy atom. The van der Waals surface area contributed by atoms with Gasteiger partial charge < -0.3 is 16.2 Å². The Morgan fingerprint density at radius 1 is 1.26 bits per heavy atom. The number of fused-ring (bicyclic) bond motifs is 1. The van der Waals surface area contributed by atoms with Crippen molar-refractivity contribution in [3.8, 4) is 0 Å². The van der Waals surface area contributed by atoms with Crippen molar-refractivity contribution in [3.05, 3.63) is 65.5 Å². The van der Waals surface area contributed by atoms with Gasteiger partial charge in [0, 0.05) is 24.7 Å². The first-order valence-electron chi connectivity index (χ1n) is 12.5. The SMILES string of the molecule is CCC1(CC)CC(=O)N(C(c2cccnc2)[C@@H]2C[C@H]2C(=O)N[C@@H]2c3ccccc3C[C@H]2O)C(N)=N1. The lowest BCUT2D eigenvalue weighted by atomic mass is 9.87. The Bertz CT molecular complexity index is 1150. The zero-order valence-corrected chi connectivity index (χ0v) is 20.2. The van der Waals surface area contributed by atoms with E-state index < -0.39 is 23.7 Å². The van der Waals surface area contributed by atoms with Crippen molar-refractivity contribution in [1.29, 1.82) is 0 Å². The molecule has 1 fully saturated rings. The molecule has 8 nitrogen and oxygen atoms in total. The number of aliphatic imine (C=N–C) groups is 1. The van der Waals surface area contributed by atoms with Crippen LogP contribution in [0, 0.1) is 11.8 Å². The average molecular weight is 476 g/mol. The van der Waals surface area contributed by atoms with Crippen molar-refractivity contribution in [1.82, 2.24) is 15.2 Å². The Kier molecular flexibility index (Phi) is 6.09. The van der Waals surface area contributed by atoms with E-state index in [-0.39, 0.29) is 29.6 Å². The van der Waals surface area contributed by atoms with E-state index in [4.69, 9.17) is 10.7 Å². The molecular formula is C27H33N5O3. The molecule has 8 heteroatoms. The Morgan fingerprint density at radius 2 is 2.03 bits per heavy atom. The van der Waals surface area contributed by atoms with Gasteiger partial charge in [-0.25, -0.2) is 4.99 Å². The number of guanidine groups is 1. The molecule has 2 aliphatic carbocycles. The lowest BCUT2D eigenvalue weighted by molar-refractivity contribution is -0.132. The molecule has 1 aromatic heterocycles. The molecule has 0 saturated heterocycles. The zero-order valence-electron chi connectivity index (χ0n) is 20.2. The second-order valence-electron chi connectivity index (χ2n) is 10.0. The fourth-order valence-corrected chi connectivity index (χ4v) is 5.80. The number of benzene rings is 1. The van der Waals surface area contributed by atoms with Crippen LogP contribution in [0.5, 0.6) is 0 Å². The van der Waals surface area contributed by atoms with E-state index in [0.717, 1.165) is 29.5 Å². The highest BCUT2D eigenvalue weighted by Gasteiger charge is 2.54. The van der Waals surface area contributed by atoms with Crippen LogP contribution in [0.3, 0.4) is 0 Å². The van der Waals surface area contributed by atoms with E-state index in [1.807, 2.05) is 50.2 Å². The third kappa shape index (κ3) is 4.20. The monoisotopic (exact) mass is 475 g/mol. The number of rotatable bonds is 7. The summed E-state index contributed by atoms with van der Waals surface area (Å²) in [4.78, 5) is 37.3. The van der Waals surface area contributed by atoms with Crippen molar-refractivity contribution in [2.45, 2.75) is 69.7 Å². The fourth-order valence-electron chi connectivity index (χ4n) is 5.80. The summed E-state index contributed by atoms with van der Waals surface area (Å²) in [6, 6.07) is 10.7. The van der Waals surface area contributed by atoms with Gasteiger partial charge in [0.25, 0.3) is 0 Å². The number of pyridine rings is 1. The van der Waals surface area contributed by atoms with E-state index in [1.54, 1.807) is 17.3 Å². The van der Waals surface area contributed by atoms with Crippen LogP contribution in [0.4, 0.5) is 0 Å². The number of nitrogens with zero attached hydrogens (tertiary/aromatic N) is 3. The van der Waals surface area contributed by atoms with Gasteiger partial charge in [-0.1, -0.05) is 44.2 Å². The van der Waals surface area contributed by atoms with E-state index in [0.29, 0.717) is 19.3 Å². The molecule has 1 saturated carbocycles. The van der Waals surface area contributed by atoms with Gasteiger partial charge >= 0.3 is 0 Å². The van der Waals surface area contributed by atoms with E-state index in [9.17, 15) is 14.7 Å². The summed E-state index contributed by atoms with van der Waals surface area (Å²) in [5.41, 5.74) is 8.82. The predicted molar refractivity (Wildman–Crippen MR) is 132 cm³/mol. The maximum Gasteiger partial charge on any atom is 0.232 e. The summed E-state index contributed by atoms with van der Waals surface area (Å²) in [7, 11) is 0. The molecule has 1 aliphatic heterocycles. The molecule has 3 aliphatic rings. The third-order valence-corrected chi connectivity index (χ3v) is 8.05. The van der Waals surface area contributed by atoms with Gasteiger partial charge in [0.1, 0.15) is 0 Å². The van der Waals surface area contributed by atoms with Crippen LogP contribution in [0.25, 0.3) is 0 Å². The van der Waals surface area contributed by atoms with Crippen molar-refractivity contribution in [2.75, 3.05) is 0 Å². The quantitative estimate of drug-likeness (QED) is 0.569. The minimum atomic E-state index is -0.648.